The summed E-state index contributed by atoms with van der Waals surface area (Å²) in [4.78, 5) is 16.9. The summed E-state index contributed by atoms with van der Waals surface area (Å²) in [7, 11) is 0. The highest BCUT2D eigenvalue weighted by Crippen LogP contribution is 2.33. The Morgan fingerprint density at radius 3 is 2.57 bits per heavy atom. The van der Waals surface area contributed by atoms with E-state index in [-0.39, 0.29) is 11.3 Å². The van der Waals surface area contributed by atoms with Gasteiger partial charge in [-0.1, -0.05) is 32.9 Å². The molecule has 23 heavy (non-hydrogen) atoms. The van der Waals surface area contributed by atoms with E-state index in [1.54, 1.807) is 0 Å². The monoisotopic (exact) mass is 315 g/mol. The van der Waals surface area contributed by atoms with Crippen LogP contribution < -0.4 is 10.6 Å². The van der Waals surface area contributed by atoms with Crippen molar-refractivity contribution in [2.24, 2.45) is 5.73 Å². The van der Waals surface area contributed by atoms with Crippen molar-refractivity contribution < 1.29 is 4.79 Å². The Bertz CT molecular complexity index is 583. The van der Waals surface area contributed by atoms with E-state index in [2.05, 4.69) is 43.9 Å². The van der Waals surface area contributed by atoms with Gasteiger partial charge in [0.1, 0.15) is 0 Å². The molecule has 0 atom stereocenters. The lowest BCUT2D eigenvalue weighted by molar-refractivity contribution is -0.119. The van der Waals surface area contributed by atoms with Crippen molar-refractivity contribution in [3.63, 3.8) is 0 Å². The molecule has 2 heterocycles. The fourth-order valence-corrected chi connectivity index (χ4v) is 3.52. The highest BCUT2D eigenvalue weighted by atomic mass is 16.2. The lowest BCUT2D eigenvalue weighted by atomic mass is 9.86. The molecule has 1 saturated heterocycles. The average Bonchev–Trinajstić information content (AvgIpc) is 2.92. The van der Waals surface area contributed by atoms with Crippen LogP contribution in [0.3, 0.4) is 0 Å². The van der Waals surface area contributed by atoms with Crippen molar-refractivity contribution in [1.82, 2.24) is 4.90 Å². The maximum atomic E-state index is 12.7. The minimum absolute atomic E-state index is 0.152. The molecule has 1 amide bonds. The lowest BCUT2D eigenvalue weighted by Crippen LogP contribution is -2.45. The molecule has 126 valence electrons. The van der Waals surface area contributed by atoms with Crippen molar-refractivity contribution >= 4 is 11.6 Å². The number of hydrogen-bond donors (Lipinski definition) is 1. The Balaban J connectivity index is 1.68. The second-order valence-electron chi connectivity index (χ2n) is 8.00. The Kier molecular flexibility index (Phi) is 4.47. The number of carbonyl (C=O) groups excluding carboxylic acids is 1. The summed E-state index contributed by atoms with van der Waals surface area (Å²) < 4.78 is 0. The number of benzene rings is 1. The molecule has 2 N–H and O–H groups in total. The average molecular weight is 315 g/mol. The second-order valence-corrected chi connectivity index (χ2v) is 8.00. The van der Waals surface area contributed by atoms with Gasteiger partial charge in [-0.25, -0.2) is 0 Å². The van der Waals surface area contributed by atoms with Crippen molar-refractivity contribution in [2.75, 3.05) is 31.1 Å². The summed E-state index contributed by atoms with van der Waals surface area (Å²) in [6, 6.07) is 6.89. The van der Waals surface area contributed by atoms with Crippen LogP contribution in [0.1, 0.15) is 44.7 Å². The number of amides is 1. The Morgan fingerprint density at radius 2 is 1.91 bits per heavy atom. The normalized spacial score (nSPS) is 19.9. The third-order valence-electron chi connectivity index (χ3n) is 5.13. The van der Waals surface area contributed by atoms with E-state index in [4.69, 9.17) is 5.73 Å². The number of rotatable bonds is 2. The molecule has 3 rings (SSSR count). The molecule has 0 spiro atoms. The summed E-state index contributed by atoms with van der Waals surface area (Å²) in [5.74, 6) is 0.225. The number of nitrogens with two attached hydrogens (primary N) is 1. The van der Waals surface area contributed by atoms with Crippen LogP contribution in [0.15, 0.2) is 18.2 Å². The molecule has 0 unspecified atom stereocenters. The van der Waals surface area contributed by atoms with Gasteiger partial charge in [-0.05, 0) is 41.9 Å². The third kappa shape index (κ3) is 3.59. The lowest BCUT2D eigenvalue weighted by Gasteiger charge is -2.31. The van der Waals surface area contributed by atoms with Crippen LogP contribution in [-0.4, -0.2) is 43.0 Å². The van der Waals surface area contributed by atoms with Gasteiger partial charge in [-0.2, -0.15) is 0 Å². The molecule has 0 bridgehead atoms. The fourth-order valence-electron chi connectivity index (χ4n) is 3.52. The zero-order valence-corrected chi connectivity index (χ0v) is 14.6. The molecule has 2 aliphatic rings. The molecule has 4 nitrogen and oxygen atoms in total. The van der Waals surface area contributed by atoms with Gasteiger partial charge >= 0.3 is 0 Å². The van der Waals surface area contributed by atoms with Gasteiger partial charge in [0, 0.05) is 31.4 Å². The van der Waals surface area contributed by atoms with Gasteiger partial charge in [-0.3, -0.25) is 9.69 Å². The highest BCUT2D eigenvalue weighted by molar-refractivity contribution is 5.96. The predicted octanol–water partition coefficient (Wildman–Crippen LogP) is 2.30. The van der Waals surface area contributed by atoms with Crippen molar-refractivity contribution in [1.29, 1.82) is 0 Å². The summed E-state index contributed by atoms with van der Waals surface area (Å²) in [6.07, 6.45) is 2.97. The van der Waals surface area contributed by atoms with Gasteiger partial charge in [0.05, 0.1) is 6.54 Å². The summed E-state index contributed by atoms with van der Waals surface area (Å²) >= 11 is 0. The van der Waals surface area contributed by atoms with Crippen molar-refractivity contribution in [3.05, 3.63) is 29.3 Å². The fraction of sp³-hybridized carbons (Fsp3) is 0.632. The maximum absolute atomic E-state index is 12.7. The van der Waals surface area contributed by atoms with E-state index in [9.17, 15) is 4.79 Å². The van der Waals surface area contributed by atoms with E-state index >= 15 is 0 Å². The van der Waals surface area contributed by atoms with Crippen molar-refractivity contribution in [2.45, 2.75) is 51.5 Å². The molecule has 0 saturated carbocycles. The van der Waals surface area contributed by atoms with Gasteiger partial charge < -0.3 is 10.6 Å². The van der Waals surface area contributed by atoms with E-state index in [0.29, 0.717) is 12.6 Å². The van der Waals surface area contributed by atoms with Gasteiger partial charge in [-0.15, -0.1) is 0 Å². The first-order chi connectivity index (χ1) is 10.8. The number of carbonyl (C=O) groups is 1. The van der Waals surface area contributed by atoms with E-state index in [0.717, 1.165) is 44.6 Å². The Hall–Kier alpha value is -1.39. The zero-order valence-electron chi connectivity index (χ0n) is 14.6. The van der Waals surface area contributed by atoms with Crippen LogP contribution in [0.4, 0.5) is 5.69 Å². The molecule has 1 aromatic carbocycles. The SMILES string of the molecule is CC(C)(C)c1ccc2c(c1)CCN2C(=O)CN1CCC(N)CC1. The molecule has 1 fully saturated rings. The van der Waals surface area contributed by atoms with E-state index in [1.807, 2.05) is 4.90 Å². The number of fused-ring (bicyclic) bond motifs is 1. The van der Waals surface area contributed by atoms with Crippen LogP contribution in [0.5, 0.6) is 0 Å². The number of nitrogens with zero attached hydrogens (tertiary/aromatic N) is 2. The first-order valence-corrected chi connectivity index (χ1v) is 8.76. The first kappa shape index (κ1) is 16.5. The molecule has 2 aliphatic heterocycles. The minimum atomic E-state index is 0.152. The van der Waals surface area contributed by atoms with Crippen LogP contribution in [0, 0.1) is 0 Å². The number of likely N-dealkylation sites (tertiary alicyclic amines) is 1. The Labute approximate surface area is 139 Å². The molecule has 1 aromatic rings. The van der Waals surface area contributed by atoms with Gasteiger partial charge in [0.25, 0.3) is 0 Å². The smallest absolute Gasteiger partial charge is 0.241 e. The summed E-state index contributed by atoms with van der Waals surface area (Å²) in [5, 5.41) is 0. The van der Waals surface area contributed by atoms with Gasteiger partial charge in [0.15, 0.2) is 0 Å². The molecular weight excluding hydrogens is 286 g/mol. The first-order valence-electron chi connectivity index (χ1n) is 8.76. The molecule has 4 heteroatoms. The molecule has 0 aromatic heterocycles. The quantitative estimate of drug-likeness (QED) is 0.911. The van der Waals surface area contributed by atoms with Crippen LogP contribution >= 0.6 is 0 Å². The van der Waals surface area contributed by atoms with Crippen LogP contribution in [-0.2, 0) is 16.6 Å². The molecule has 0 radical (unpaired) electrons. The number of piperidine rings is 1. The predicted molar refractivity (Wildman–Crippen MR) is 94.8 cm³/mol. The van der Waals surface area contributed by atoms with Crippen LogP contribution in [0.25, 0.3) is 0 Å². The topological polar surface area (TPSA) is 49.6 Å². The van der Waals surface area contributed by atoms with E-state index < -0.39 is 0 Å². The summed E-state index contributed by atoms with van der Waals surface area (Å²) in [5.41, 5.74) is 9.85. The largest absolute Gasteiger partial charge is 0.328 e. The van der Waals surface area contributed by atoms with Crippen LogP contribution in [0.2, 0.25) is 0 Å². The second kappa shape index (κ2) is 6.25. The minimum Gasteiger partial charge on any atom is -0.328 e. The van der Waals surface area contributed by atoms with Crippen molar-refractivity contribution in [3.8, 4) is 0 Å². The molecule has 0 aliphatic carbocycles. The van der Waals surface area contributed by atoms with E-state index in [1.165, 1.54) is 11.1 Å². The highest BCUT2D eigenvalue weighted by Gasteiger charge is 2.28. The van der Waals surface area contributed by atoms with Gasteiger partial charge in [0.2, 0.25) is 5.91 Å². The standard InChI is InChI=1S/C19H29N3O/c1-19(2,3)15-4-5-17-14(12-15)6-11-22(17)18(23)13-21-9-7-16(20)8-10-21/h4-5,12,16H,6-11,13,20H2,1-3H3. The third-order valence-corrected chi connectivity index (χ3v) is 5.13. The number of anilines is 1. The summed E-state index contributed by atoms with van der Waals surface area (Å²) in [6.45, 7) is 9.91. The Morgan fingerprint density at radius 1 is 1.22 bits per heavy atom. The zero-order chi connectivity index (χ0) is 16.6. The molecular formula is C19H29N3O. The maximum Gasteiger partial charge on any atom is 0.241 e. The number of hydrogen-bond acceptors (Lipinski definition) is 3.